The van der Waals surface area contributed by atoms with E-state index in [4.69, 9.17) is 21.1 Å². The molecular formula is C25H28ClNO5. The first-order valence-electron chi connectivity index (χ1n) is 10.6. The van der Waals surface area contributed by atoms with E-state index in [1.165, 1.54) is 6.07 Å². The molecule has 32 heavy (non-hydrogen) atoms. The van der Waals surface area contributed by atoms with Crippen LogP contribution in [0.4, 0.5) is 0 Å². The third-order valence-corrected chi connectivity index (χ3v) is 5.52. The number of carbonyl (C=O) groups excluding carboxylic acids is 2. The van der Waals surface area contributed by atoms with Crippen molar-refractivity contribution in [2.24, 2.45) is 0 Å². The van der Waals surface area contributed by atoms with Crippen LogP contribution in [0.15, 0.2) is 36.4 Å². The van der Waals surface area contributed by atoms with E-state index in [2.05, 4.69) is 20.8 Å². The smallest absolute Gasteiger partial charge is 0.340 e. The number of benzene rings is 2. The summed E-state index contributed by atoms with van der Waals surface area (Å²) in [6.45, 7) is 10.2. The molecule has 170 valence electrons. The minimum atomic E-state index is -0.580. The highest BCUT2D eigenvalue weighted by molar-refractivity contribution is 6.33. The Kier molecular flexibility index (Phi) is 6.84. The van der Waals surface area contributed by atoms with Gasteiger partial charge in [0, 0.05) is 16.8 Å². The van der Waals surface area contributed by atoms with Crippen LogP contribution in [-0.4, -0.2) is 34.8 Å². The zero-order valence-corrected chi connectivity index (χ0v) is 19.7. The average molecular weight is 458 g/mol. The SMILES string of the molecule is CCOC(=O)Cc1c(C(=O)OCC)c2cc(O)c(Cl)cc2n1-c1ccc(C(C)(C)C)cc1. The molecule has 0 saturated carbocycles. The average Bonchev–Trinajstić information content (AvgIpc) is 3.00. The molecule has 0 spiro atoms. The fraction of sp³-hybridized carbons (Fsp3) is 0.360. The molecule has 0 unspecified atom stereocenters. The first-order valence-corrected chi connectivity index (χ1v) is 11.0. The van der Waals surface area contributed by atoms with E-state index in [0.717, 1.165) is 11.3 Å². The van der Waals surface area contributed by atoms with Crippen LogP contribution in [-0.2, 0) is 26.1 Å². The lowest BCUT2D eigenvalue weighted by atomic mass is 9.87. The van der Waals surface area contributed by atoms with Crippen molar-refractivity contribution in [2.45, 2.75) is 46.5 Å². The maximum atomic E-state index is 12.9. The zero-order chi connectivity index (χ0) is 23.6. The summed E-state index contributed by atoms with van der Waals surface area (Å²) in [5, 5.41) is 10.8. The topological polar surface area (TPSA) is 77.8 Å². The maximum absolute atomic E-state index is 12.9. The summed E-state index contributed by atoms with van der Waals surface area (Å²) >= 11 is 6.22. The van der Waals surface area contributed by atoms with Crippen molar-refractivity contribution >= 4 is 34.4 Å². The second-order valence-corrected chi connectivity index (χ2v) is 8.88. The van der Waals surface area contributed by atoms with E-state index in [0.29, 0.717) is 16.6 Å². The van der Waals surface area contributed by atoms with Crippen molar-refractivity contribution in [3.63, 3.8) is 0 Å². The second kappa shape index (κ2) is 9.25. The third kappa shape index (κ3) is 4.60. The van der Waals surface area contributed by atoms with Gasteiger partial charge in [-0.1, -0.05) is 44.5 Å². The number of esters is 2. The molecule has 1 heterocycles. The standard InChI is InChI=1S/C25H28ClNO5/c1-6-31-22(29)14-20-23(24(30)32-7-2)17-12-21(28)18(26)13-19(17)27(20)16-10-8-15(9-11-16)25(3,4)5/h8-13,28H,6-7,14H2,1-5H3. The lowest BCUT2D eigenvalue weighted by molar-refractivity contribution is -0.142. The Morgan fingerprint density at radius 1 is 1.03 bits per heavy atom. The number of carbonyl (C=O) groups is 2. The molecule has 0 fully saturated rings. The van der Waals surface area contributed by atoms with Crippen molar-refractivity contribution in [3.05, 3.63) is 58.2 Å². The van der Waals surface area contributed by atoms with Crippen LogP contribution in [0.1, 0.15) is 56.2 Å². The number of hydrogen-bond acceptors (Lipinski definition) is 5. The monoisotopic (exact) mass is 457 g/mol. The Balaban J connectivity index is 2.34. The van der Waals surface area contributed by atoms with Crippen LogP contribution in [0.2, 0.25) is 5.02 Å². The van der Waals surface area contributed by atoms with E-state index in [-0.39, 0.29) is 41.4 Å². The van der Waals surface area contributed by atoms with E-state index < -0.39 is 11.9 Å². The maximum Gasteiger partial charge on any atom is 0.340 e. The Bertz CT molecular complexity index is 1160. The van der Waals surface area contributed by atoms with Crippen LogP contribution < -0.4 is 0 Å². The largest absolute Gasteiger partial charge is 0.506 e. The van der Waals surface area contributed by atoms with Gasteiger partial charge in [0.15, 0.2) is 0 Å². The third-order valence-electron chi connectivity index (χ3n) is 5.22. The van der Waals surface area contributed by atoms with Crippen molar-refractivity contribution in [1.29, 1.82) is 0 Å². The summed E-state index contributed by atoms with van der Waals surface area (Å²) in [7, 11) is 0. The molecule has 0 aliphatic carbocycles. The highest BCUT2D eigenvalue weighted by Gasteiger charge is 2.27. The Labute approximate surface area is 192 Å². The fourth-order valence-corrected chi connectivity index (χ4v) is 3.86. The van der Waals surface area contributed by atoms with Gasteiger partial charge in [0.05, 0.1) is 35.7 Å². The van der Waals surface area contributed by atoms with Gasteiger partial charge in [-0.05, 0) is 49.1 Å². The number of fused-ring (bicyclic) bond motifs is 1. The van der Waals surface area contributed by atoms with Gasteiger partial charge in [-0.25, -0.2) is 4.79 Å². The molecule has 6 nitrogen and oxygen atoms in total. The molecule has 1 aromatic heterocycles. The predicted molar refractivity (Wildman–Crippen MR) is 125 cm³/mol. The first-order chi connectivity index (χ1) is 15.1. The molecule has 0 amide bonds. The molecule has 0 aliphatic rings. The summed E-state index contributed by atoms with van der Waals surface area (Å²) in [5.41, 5.74) is 3.07. The van der Waals surface area contributed by atoms with Gasteiger partial charge in [0.2, 0.25) is 0 Å². The molecule has 1 N–H and O–H groups in total. The highest BCUT2D eigenvalue weighted by atomic mass is 35.5. The van der Waals surface area contributed by atoms with Crippen molar-refractivity contribution in [1.82, 2.24) is 4.57 Å². The molecule has 0 radical (unpaired) electrons. The van der Waals surface area contributed by atoms with E-state index >= 15 is 0 Å². The predicted octanol–water partition coefficient (Wildman–Crippen LogP) is 5.57. The number of nitrogens with zero attached hydrogens (tertiary/aromatic N) is 1. The summed E-state index contributed by atoms with van der Waals surface area (Å²) in [5.74, 6) is -1.21. The molecule has 0 saturated heterocycles. The summed E-state index contributed by atoms with van der Waals surface area (Å²) in [6, 6.07) is 10.9. The molecule has 0 bridgehead atoms. The van der Waals surface area contributed by atoms with Crippen LogP contribution in [0.5, 0.6) is 5.75 Å². The normalized spacial score (nSPS) is 11.6. The van der Waals surface area contributed by atoms with Gasteiger partial charge in [0.1, 0.15) is 5.75 Å². The number of phenols is 1. The van der Waals surface area contributed by atoms with Crippen LogP contribution in [0.25, 0.3) is 16.6 Å². The minimum Gasteiger partial charge on any atom is -0.506 e. The molecule has 0 aliphatic heterocycles. The highest BCUT2D eigenvalue weighted by Crippen LogP contribution is 2.37. The molecule has 3 aromatic rings. The van der Waals surface area contributed by atoms with Crippen molar-refractivity contribution in [3.8, 4) is 11.4 Å². The molecule has 2 aromatic carbocycles. The second-order valence-electron chi connectivity index (χ2n) is 8.48. The van der Waals surface area contributed by atoms with Gasteiger partial charge in [-0.3, -0.25) is 4.79 Å². The van der Waals surface area contributed by atoms with Gasteiger partial charge in [-0.2, -0.15) is 0 Å². The van der Waals surface area contributed by atoms with Gasteiger partial charge in [0.25, 0.3) is 0 Å². The minimum absolute atomic E-state index is 0.0315. The zero-order valence-electron chi connectivity index (χ0n) is 19.0. The lowest BCUT2D eigenvalue weighted by Crippen LogP contribution is -2.16. The Morgan fingerprint density at radius 2 is 1.66 bits per heavy atom. The molecule has 0 atom stereocenters. The number of aromatic hydroxyl groups is 1. The van der Waals surface area contributed by atoms with E-state index in [1.807, 2.05) is 24.3 Å². The van der Waals surface area contributed by atoms with Gasteiger partial charge < -0.3 is 19.1 Å². The first kappa shape index (κ1) is 23.7. The van der Waals surface area contributed by atoms with Crippen molar-refractivity contribution < 1.29 is 24.2 Å². The fourth-order valence-electron chi connectivity index (χ4n) is 3.70. The number of rotatable bonds is 6. The van der Waals surface area contributed by atoms with Crippen LogP contribution >= 0.6 is 11.6 Å². The van der Waals surface area contributed by atoms with Gasteiger partial charge in [-0.15, -0.1) is 0 Å². The number of phenolic OH excluding ortho intramolecular Hbond substituents is 1. The number of halogens is 1. The van der Waals surface area contributed by atoms with Crippen LogP contribution in [0, 0.1) is 0 Å². The molecular weight excluding hydrogens is 430 g/mol. The Morgan fingerprint density at radius 3 is 2.22 bits per heavy atom. The Hall–Kier alpha value is -2.99. The quantitative estimate of drug-likeness (QED) is 0.489. The lowest BCUT2D eigenvalue weighted by Gasteiger charge is -2.20. The molecule has 7 heteroatoms. The number of aromatic nitrogens is 1. The number of ether oxygens (including phenoxy) is 2. The number of hydrogen-bond donors (Lipinski definition) is 1. The van der Waals surface area contributed by atoms with Gasteiger partial charge >= 0.3 is 11.9 Å². The van der Waals surface area contributed by atoms with Crippen LogP contribution in [0.3, 0.4) is 0 Å². The summed E-state index contributed by atoms with van der Waals surface area (Å²) in [6.07, 6.45) is -0.143. The van der Waals surface area contributed by atoms with E-state index in [1.54, 1.807) is 24.5 Å². The van der Waals surface area contributed by atoms with E-state index in [9.17, 15) is 14.7 Å². The van der Waals surface area contributed by atoms with Crippen molar-refractivity contribution in [2.75, 3.05) is 13.2 Å². The summed E-state index contributed by atoms with van der Waals surface area (Å²) < 4.78 is 12.2. The summed E-state index contributed by atoms with van der Waals surface area (Å²) in [4.78, 5) is 25.4. The molecule has 3 rings (SSSR count).